The van der Waals surface area contributed by atoms with E-state index >= 15 is 0 Å². The predicted octanol–water partition coefficient (Wildman–Crippen LogP) is 2.98. The number of pyridine rings is 1. The number of carbonyl (C=O) groups is 3. The molecule has 2 aromatic carbocycles. The van der Waals surface area contributed by atoms with Gasteiger partial charge in [-0.05, 0) is 48.6 Å². The molecule has 1 aliphatic rings. The van der Waals surface area contributed by atoms with Crippen molar-refractivity contribution < 1.29 is 23.9 Å². The maximum atomic E-state index is 12.9. The molecule has 1 aliphatic carbocycles. The Balaban J connectivity index is 1.38. The minimum atomic E-state index is -0.505. The number of carbonyl (C=O) groups excluding carboxylic acids is 3. The highest BCUT2D eigenvalue weighted by Gasteiger charge is 2.25. The molecular formula is C24H22N2O5. The van der Waals surface area contributed by atoms with Gasteiger partial charge in [-0.2, -0.15) is 0 Å². The van der Waals surface area contributed by atoms with Gasteiger partial charge in [-0.25, -0.2) is 9.59 Å². The molecule has 0 radical (unpaired) electrons. The number of aromatic nitrogens is 1. The van der Waals surface area contributed by atoms with Crippen molar-refractivity contribution in [1.29, 1.82) is 0 Å². The lowest BCUT2D eigenvalue weighted by molar-refractivity contribution is -0.124. The molecule has 0 spiro atoms. The molecule has 0 saturated carbocycles. The van der Waals surface area contributed by atoms with Gasteiger partial charge in [0.05, 0.1) is 23.8 Å². The van der Waals surface area contributed by atoms with Gasteiger partial charge in [0.25, 0.3) is 5.91 Å². The monoisotopic (exact) mass is 418 g/mol. The van der Waals surface area contributed by atoms with E-state index in [2.05, 4.69) is 15.0 Å². The summed E-state index contributed by atoms with van der Waals surface area (Å²) in [5.74, 6) is -1.33. The number of methoxy groups -OCH3 is 1. The van der Waals surface area contributed by atoms with E-state index in [0.29, 0.717) is 11.1 Å². The number of nitrogens with zero attached hydrogens (tertiary/aromatic N) is 1. The summed E-state index contributed by atoms with van der Waals surface area (Å²) >= 11 is 0. The second-order valence-electron chi connectivity index (χ2n) is 7.32. The summed E-state index contributed by atoms with van der Waals surface area (Å²) in [6.07, 6.45) is 2.58. The van der Waals surface area contributed by atoms with Gasteiger partial charge >= 0.3 is 11.9 Å². The Kier molecular flexibility index (Phi) is 5.93. The van der Waals surface area contributed by atoms with Gasteiger partial charge in [0.2, 0.25) is 0 Å². The van der Waals surface area contributed by atoms with Crippen LogP contribution in [0, 0.1) is 0 Å². The highest BCUT2D eigenvalue weighted by Crippen LogP contribution is 2.30. The summed E-state index contributed by atoms with van der Waals surface area (Å²) in [6.45, 7) is -0.115. The number of rotatable bonds is 6. The topological polar surface area (TPSA) is 94.6 Å². The molecule has 158 valence electrons. The van der Waals surface area contributed by atoms with Crippen LogP contribution in [0.15, 0.2) is 48.5 Å². The van der Waals surface area contributed by atoms with Crippen molar-refractivity contribution >= 4 is 28.7 Å². The third-order valence-corrected chi connectivity index (χ3v) is 5.32. The van der Waals surface area contributed by atoms with Crippen molar-refractivity contribution in [3.63, 3.8) is 0 Å². The molecule has 0 atom stereocenters. The van der Waals surface area contributed by atoms with Crippen LogP contribution >= 0.6 is 0 Å². The Morgan fingerprint density at radius 1 is 1.00 bits per heavy atom. The van der Waals surface area contributed by atoms with E-state index in [9.17, 15) is 14.4 Å². The molecule has 1 aromatic heterocycles. The summed E-state index contributed by atoms with van der Waals surface area (Å²) in [5.41, 5.74) is 4.38. The Hall–Kier alpha value is -3.74. The summed E-state index contributed by atoms with van der Waals surface area (Å²) in [4.78, 5) is 41.2. The first kappa shape index (κ1) is 20.5. The highest BCUT2D eigenvalue weighted by atomic mass is 16.5. The van der Waals surface area contributed by atoms with Crippen LogP contribution in [0.3, 0.4) is 0 Å². The lowest BCUT2D eigenvalue weighted by Gasteiger charge is -2.12. The fraction of sp³-hybridized carbons (Fsp3) is 0.250. The van der Waals surface area contributed by atoms with Crippen LogP contribution in [0.5, 0.6) is 0 Å². The van der Waals surface area contributed by atoms with Gasteiger partial charge in [-0.1, -0.05) is 30.3 Å². The molecule has 0 saturated heterocycles. The van der Waals surface area contributed by atoms with Crippen LogP contribution in [0.2, 0.25) is 0 Å². The number of hydrogen-bond donors (Lipinski definition) is 1. The van der Waals surface area contributed by atoms with E-state index in [0.717, 1.165) is 47.0 Å². The fourth-order valence-electron chi connectivity index (χ4n) is 3.78. The molecule has 0 fully saturated rings. The molecule has 4 rings (SSSR count). The van der Waals surface area contributed by atoms with Gasteiger partial charge in [-0.15, -0.1) is 0 Å². The van der Waals surface area contributed by atoms with Gasteiger partial charge < -0.3 is 14.8 Å². The molecule has 0 aliphatic heterocycles. The molecule has 1 N–H and O–H groups in total. The fourth-order valence-corrected chi connectivity index (χ4v) is 3.78. The number of amides is 1. The zero-order valence-corrected chi connectivity index (χ0v) is 17.1. The van der Waals surface area contributed by atoms with E-state index < -0.39 is 17.8 Å². The number of hydrogen-bond acceptors (Lipinski definition) is 6. The largest absolute Gasteiger partial charge is 0.465 e. The number of nitrogens with one attached hydrogen (secondary N) is 1. The molecule has 0 unspecified atom stereocenters. The number of ether oxygens (including phenoxy) is 2. The zero-order valence-electron chi connectivity index (χ0n) is 17.1. The van der Waals surface area contributed by atoms with E-state index in [1.807, 2.05) is 24.3 Å². The minimum absolute atomic E-state index is 0.255. The lowest BCUT2D eigenvalue weighted by atomic mass is 10.0. The van der Waals surface area contributed by atoms with Crippen LogP contribution in [0.4, 0.5) is 0 Å². The highest BCUT2D eigenvalue weighted by molar-refractivity contribution is 6.05. The van der Waals surface area contributed by atoms with E-state index in [1.54, 1.807) is 24.3 Å². The van der Waals surface area contributed by atoms with Crippen molar-refractivity contribution in [2.24, 2.45) is 0 Å². The van der Waals surface area contributed by atoms with Gasteiger partial charge in [0.15, 0.2) is 6.61 Å². The maximum absolute atomic E-state index is 12.9. The van der Waals surface area contributed by atoms with Crippen LogP contribution in [-0.2, 0) is 33.7 Å². The predicted molar refractivity (Wildman–Crippen MR) is 114 cm³/mol. The lowest BCUT2D eigenvalue weighted by Crippen LogP contribution is -2.28. The first-order valence-electron chi connectivity index (χ1n) is 10.1. The van der Waals surface area contributed by atoms with Crippen LogP contribution in [0.25, 0.3) is 10.9 Å². The maximum Gasteiger partial charge on any atom is 0.339 e. The van der Waals surface area contributed by atoms with E-state index in [1.165, 1.54) is 7.11 Å². The molecule has 7 heteroatoms. The van der Waals surface area contributed by atoms with Crippen LogP contribution < -0.4 is 5.32 Å². The average molecular weight is 418 g/mol. The van der Waals surface area contributed by atoms with Crippen LogP contribution in [-0.4, -0.2) is 36.5 Å². The van der Waals surface area contributed by atoms with E-state index in [4.69, 9.17) is 4.74 Å². The summed E-state index contributed by atoms with van der Waals surface area (Å²) < 4.78 is 10.00. The van der Waals surface area contributed by atoms with Crippen molar-refractivity contribution in [2.75, 3.05) is 13.7 Å². The first-order chi connectivity index (χ1) is 15.1. The summed E-state index contributed by atoms with van der Waals surface area (Å²) in [5, 5.41) is 3.46. The number of aryl methyl sites for hydroxylation is 1. The Labute approximate surface area is 179 Å². The quantitative estimate of drug-likeness (QED) is 0.619. The van der Waals surface area contributed by atoms with Crippen molar-refractivity contribution in [2.45, 2.75) is 25.8 Å². The molecule has 3 aromatic rings. The SMILES string of the molecule is COC(=O)c1ccc(CNC(=O)COC(=O)c2c3c(nc4ccccc24)CCC3)cc1. The van der Waals surface area contributed by atoms with Crippen molar-refractivity contribution in [3.05, 3.63) is 76.5 Å². The smallest absolute Gasteiger partial charge is 0.339 e. The molecular weight excluding hydrogens is 396 g/mol. The van der Waals surface area contributed by atoms with Crippen LogP contribution in [0.1, 0.15) is 44.0 Å². The zero-order chi connectivity index (χ0) is 21.8. The average Bonchev–Trinajstić information content (AvgIpc) is 3.27. The first-order valence-corrected chi connectivity index (χ1v) is 10.1. The molecule has 0 bridgehead atoms. The van der Waals surface area contributed by atoms with Crippen molar-refractivity contribution in [3.8, 4) is 0 Å². The van der Waals surface area contributed by atoms with Crippen molar-refractivity contribution in [1.82, 2.24) is 10.3 Å². The molecule has 1 heterocycles. The normalized spacial score (nSPS) is 12.3. The second kappa shape index (κ2) is 8.95. The summed E-state index contributed by atoms with van der Waals surface area (Å²) in [7, 11) is 1.32. The Morgan fingerprint density at radius 2 is 1.77 bits per heavy atom. The van der Waals surface area contributed by atoms with E-state index in [-0.39, 0.29) is 13.2 Å². The second-order valence-corrected chi connectivity index (χ2v) is 7.32. The van der Waals surface area contributed by atoms with Gasteiger partial charge in [0.1, 0.15) is 0 Å². The number of benzene rings is 2. The molecule has 7 nitrogen and oxygen atoms in total. The number of fused-ring (bicyclic) bond motifs is 2. The third-order valence-electron chi connectivity index (χ3n) is 5.32. The standard InChI is InChI=1S/C24H22N2O5/c1-30-23(28)16-11-9-15(10-12-16)13-25-21(27)14-31-24(29)22-17-5-2-3-7-19(17)26-20-8-4-6-18(20)22/h2-3,5,7,9-12H,4,6,8,13-14H2,1H3,(H,25,27). The van der Waals surface area contributed by atoms with Gasteiger partial charge in [-0.3, -0.25) is 9.78 Å². The third kappa shape index (κ3) is 4.40. The Morgan fingerprint density at radius 3 is 2.55 bits per heavy atom. The number of para-hydroxylation sites is 1. The molecule has 1 amide bonds. The number of esters is 2. The molecule has 31 heavy (non-hydrogen) atoms. The minimum Gasteiger partial charge on any atom is -0.465 e. The van der Waals surface area contributed by atoms with Gasteiger partial charge in [0, 0.05) is 17.6 Å². The Bertz CT molecular complexity index is 1150. The summed E-state index contributed by atoms with van der Waals surface area (Å²) in [6, 6.07) is 14.2.